The van der Waals surface area contributed by atoms with Crippen molar-refractivity contribution < 1.29 is 23.9 Å². The molecule has 1 N–H and O–H groups in total. The maximum Gasteiger partial charge on any atom is 0.371 e. The number of carboxylic acid groups (broad SMARTS) is 1. The summed E-state index contributed by atoms with van der Waals surface area (Å²) in [6, 6.07) is 1.36. The minimum atomic E-state index is -1.17. The second-order valence-corrected chi connectivity index (χ2v) is 5.89. The summed E-state index contributed by atoms with van der Waals surface area (Å²) in [5, 5.41) is 8.86. The van der Waals surface area contributed by atoms with Crippen molar-refractivity contribution in [3.05, 3.63) is 23.2 Å². The summed E-state index contributed by atoms with van der Waals surface area (Å²) < 4.78 is 5.08. The standard InChI is InChI=1S/C14H17NO5/c1-8-9(4-10(20-8)13(18)19)7-15-11(16)5-14(2,3)6-12(15)17/h4H,5-7H2,1-3H3,(H,18,19). The zero-order chi connectivity index (χ0) is 15.1. The van der Waals surface area contributed by atoms with Gasteiger partial charge in [0, 0.05) is 18.4 Å². The van der Waals surface area contributed by atoms with Crippen molar-refractivity contribution >= 4 is 17.8 Å². The second-order valence-electron chi connectivity index (χ2n) is 5.89. The van der Waals surface area contributed by atoms with E-state index in [1.54, 1.807) is 6.92 Å². The molecule has 1 aliphatic rings. The fourth-order valence-electron chi connectivity index (χ4n) is 2.34. The predicted octanol–water partition coefficient (Wildman–Crippen LogP) is 1.96. The number of aromatic carboxylic acids is 1. The van der Waals surface area contributed by atoms with Crippen LogP contribution in [0.5, 0.6) is 0 Å². The number of hydrogen-bond acceptors (Lipinski definition) is 4. The number of aryl methyl sites for hydroxylation is 1. The molecule has 1 fully saturated rings. The molecular formula is C14H17NO5. The molecule has 0 aliphatic carbocycles. The lowest BCUT2D eigenvalue weighted by atomic mass is 9.81. The van der Waals surface area contributed by atoms with Gasteiger partial charge in [-0.1, -0.05) is 13.8 Å². The van der Waals surface area contributed by atoms with Gasteiger partial charge in [0.2, 0.25) is 17.6 Å². The van der Waals surface area contributed by atoms with Crippen molar-refractivity contribution in [2.24, 2.45) is 5.41 Å². The number of amides is 2. The second kappa shape index (κ2) is 4.77. The van der Waals surface area contributed by atoms with Crippen LogP contribution in [-0.4, -0.2) is 27.8 Å². The van der Waals surface area contributed by atoms with Gasteiger partial charge in [-0.15, -0.1) is 0 Å². The Kier molecular flexibility index (Phi) is 3.41. The van der Waals surface area contributed by atoms with Gasteiger partial charge >= 0.3 is 5.97 Å². The van der Waals surface area contributed by atoms with Crippen molar-refractivity contribution in [1.29, 1.82) is 0 Å². The van der Waals surface area contributed by atoms with E-state index in [0.717, 1.165) is 0 Å². The number of carbonyl (C=O) groups excluding carboxylic acids is 2. The minimum absolute atomic E-state index is 0.0658. The normalized spacial score (nSPS) is 18.4. The molecule has 0 aromatic carbocycles. The van der Waals surface area contributed by atoms with Crippen molar-refractivity contribution in [3.63, 3.8) is 0 Å². The molecule has 2 heterocycles. The van der Waals surface area contributed by atoms with Crippen LogP contribution in [-0.2, 0) is 16.1 Å². The van der Waals surface area contributed by atoms with Crippen molar-refractivity contribution in [1.82, 2.24) is 4.90 Å². The van der Waals surface area contributed by atoms with Gasteiger partial charge in [-0.25, -0.2) is 4.79 Å². The molecule has 1 aromatic rings. The molecule has 2 rings (SSSR count). The Morgan fingerprint density at radius 1 is 1.35 bits per heavy atom. The van der Waals surface area contributed by atoms with Crippen molar-refractivity contribution in [2.45, 2.75) is 40.2 Å². The molecule has 0 saturated carbocycles. The Morgan fingerprint density at radius 2 is 1.90 bits per heavy atom. The highest BCUT2D eigenvalue weighted by Gasteiger charge is 2.37. The van der Waals surface area contributed by atoms with E-state index in [2.05, 4.69) is 0 Å². The van der Waals surface area contributed by atoms with Gasteiger partial charge in [0.05, 0.1) is 6.54 Å². The average Bonchev–Trinajstić information content (AvgIpc) is 2.64. The number of furan rings is 1. The Hall–Kier alpha value is -2.11. The summed E-state index contributed by atoms with van der Waals surface area (Å²) >= 11 is 0. The van der Waals surface area contributed by atoms with Crippen LogP contribution >= 0.6 is 0 Å². The molecule has 20 heavy (non-hydrogen) atoms. The lowest BCUT2D eigenvalue weighted by molar-refractivity contribution is -0.153. The molecule has 0 bridgehead atoms. The smallest absolute Gasteiger partial charge is 0.371 e. The monoisotopic (exact) mass is 279 g/mol. The molecule has 1 aromatic heterocycles. The molecule has 6 nitrogen and oxygen atoms in total. The van der Waals surface area contributed by atoms with Crippen LogP contribution in [0.15, 0.2) is 10.5 Å². The molecule has 1 saturated heterocycles. The maximum atomic E-state index is 12.0. The van der Waals surface area contributed by atoms with Gasteiger partial charge in [-0.3, -0.25) is 14.5 Å². The number of carboxylic acids is 1. The number of piperidine rings is 1. The van der Waals surface area contributed by atoms with E-state index in [1.165, 1.54) is 11.0 Å². The number of rotatable bonds is 3. The molecule has 1 aliphatic heterocycles. The number of imide groups is 1. The lowest BCUT2D eigenvalue weighted by Crippen LogP contribution is -2.45. The molecule has 0 atom stereocenters. The third kappa shape index (κ3) is 2.74. The number of hydrogen-bond donors (Lipinski definition) is 1. The van der Waals surface area contributed by atoms with Crippen LogP contribution in [0.4, 0.5) is 0 Å². The average molecular weight is 279 g/mol. The molecule has 2 amide bonds. The zero-order valence-electron chi connectivity index (χ0n) is 11.7. The van der Waals surface area contributed by atoms with E-state index in [9.17, 15) is 14.4 Å². The van der Waals surface area contributed by atoms with Crippen molar-refractivity contribution in [3.8, 4) is 0 Å². The largest absolute Gasteiger partial charge is 0.475 e. The van der Waals surface area contributed by atoms with E-state index in [4.69, 9.17) is 9.52 Å². The van der Waals surface area contributed by atoms with Crippen LogP contribution in [0.3, 0.4) is 0 Å². The predicted molar refractivity (Wildman–Crippen MR) is 69.0 cm³/mol. The fourth-order valence-corrected chi connectivity index (χ4v) is 2.34. The quantitative estimate of drug-likeness (QED) is 0.854. The van der Waals surface area contributed by atoms with Gasteiger partial charge in [0.25, 0.3) is 0 Å². The Bertz CT molecular complexity index is 564. The summed E-state index contributed by atoms with van der Waals surface area (Å²) in [7, 11) is 0. The Morgan fingerprint density at radius 3 is 2.35 bits per heavy atom. The van der Waals surface area contributed by atoms with Crippen LogP contribution in [0.1, 0.15) is 48.6 Å². The van der Waals surface area contributed by atoms with Gasteiger partial charge in [0.15, 0.2) is 0 Å². The van der Waals surface area contributed by atoms with E-state index >= 15 is 0 Å². The van der Waals surface area contributed by atoms with Crippen LogP contribution in [0.25, 0.3) is 0 Å². The van der Waals surface area contributed by atoms with E-state index < -0.39 is 5.97 Å². The molecule has 0 unspecified atom stereocenters. The highest BCUT2D eigenvalue weighted by molar-refractivity contribution is 5.98. The lowest BCUT2D eigenvalue weighted by Gasteiger charge is -2.34. The van der Waals surface area contributed by atoms with E-state index in [-0.39, 0.29) is 29.5 Å². The van der Waals surface area contributed by atoms with Crippen LogP contribution in [0.2, 0.25) is 0 Å². The Labute approximate surface area is 116 Å². The number of carbonyl (C=O) groups is 3. The summed E-state index contributed by atoms with van der Waals surface area (Å²) in [6.07, 6.45) is 0.614. The van der Waals surface area contributed by atoms with E-state index in [1.807, 2.05) is 13.8 Å². The first-order valence-electron chi connectivity index (χ1n) is 6.35. The highest BCUT2D eigenvalue weighted by Crippen LogP contribution is 2.32. The van der Waals surface area contributed by atoms with Gasteiger partial charge in [0.1, 0.15) is 5.76 Å². The third-order valence-corrected chi connectivity index (χ3v) is 3.42. The molecule has 0 spiro atoms. The number of likely N-dealkylation sites (tertiary alicyclic amines) is 1. The molecule has 0 radical (unpaired) electrons. The third-order valence-electron chi connectivity index (χ3n) is 3.42. The summed E-state index contributed by atoms with van der Waals surface area (Å²) in [4.78, 5) is 36.1. The maximum absolute atomic E-state index is 12.0. The van der Waals surface area contributed by atoms with Gasteiger partial charge in [-0.2, -0.15) is 0 Å². The summed E-state index contributed by atoms with van der Waals surface area (Å²) in [6.45, 7) is 5.44. The van der Waals surface area contributed by atoms with Crippen molar-refractivity contribution in [2.75, 3.05) is 0 Å². The number of nitrogens with zero attached hydrogens (tertiary/aromatic N) is 1. The Balaban J connectivity index is 2.20. The fraction of sp³-hybridized carbons (Fsp3) is 0.500. The topological polar surface area (TPSA) is 87.8 Å². The SMILES string of the molecule is Cc1oc(C(=O)O)cc1CN1C(=O)CC(C)(C)CC1=O. The zero-order valence-corrected chi connectivity index (χ0v) is 11.7. The summed E-state index contributed by atoms with van der Waals surface area (Å²) in [5.74, 6) is -1.41. The molecular weight excluding hydrogens is 262 g/mol. The first-order chi connectivity index (χ1) is 9.19. The molecule has 6 heteroatoms. The van der Waals surface area contributed by atoms with Crippen LogP contribution < -0.4 is 0 Å². The molecule has 108 valence electrons. The first kappa shape index (κ1) is 14.3. The summed E-state index contributed by atoms with van der Waals surface area (Å²) in [5.41, 5.74) is 0.228. The van der Waals surface area contributed by atoms with Gasteiger partial charge in [-0.05, 0) is 18.4 Å². The van der Waals surface area contributed by atoms with E-state index in [0.29, 0.717) is 24.2 Å². The first-order valence-corrected chi connectivity index (χ1v) is 6.35. The van der Waals surface area contributed by atoms with Crippen LogP contribution in [0, 0.1) is 12.3 Å². The highest BCUT2D eigenvalue weighted by atomic mass is 16.4. The van der Waals surface area contributed by atoms with Gasteiger partial charge < -0.3 is 9.52 Å². The minimum Gasteiger partial charge on any atom is -0.475 e.